The molecule has 0 radical (unpaired) electrons. The number of rotatable bonds is 3. The van der Waals surface area contributed by atoms with Gasteiger partial charge in [-0.05, 0) is 47.7 Å². The zero-order valence-corrected chi connectivity index (χ0v) is 15.4. The maximum atomic E-state index is 6.01. The first-order valence-electron chi connectivity index (χ1n) is 8.58. The van der Waals surface area contributed by atoms with E-state index in [-0.39, 0.29) is 0 Å². The van der Waals surface area contributed by atoms with Gasteiger partial charge in [-0.3, -0.25) is 0 Å². The number of hydrogen-bond donors (Lipinski definition) is 0. The van der Waals surface area contributed by atoms with Crippen LogP contribution in [-0.4, -0.2) is 5.90 Å². The van der Waals surface area contributed by atoms with E-state index in [0.29, 0.717) is 12.5 Å². The molecule has 2 nitrogen and oxygen atoms in total. The maximum absolute atomic E-state index is 6.01. The Balaban J connectivity index is 1.74. The number of fused-ring (bicyclic) bond motifs is 1. The monoisotopic (exact) mass is 357 g/mol. The van der Waals surface area contributed by atoms with E-state index in [0.717, 1.165) is 11.3 Å². The molecule has 3 aromatic rings. The van der Waals surface area contributed by atoms with E-state index in [2.05, 4.69) is 54.8 Å². The Bertz CT molecular complexity index is 959. The van der Waals surface area contributed by atoms with Gasteiger partial charge in [0.2, 0.25) is 5.90 Å². The van der Waals surface area contributed by atoms with Crippen molar-refractivity contribution in [1.82, 2.24) is 0 Å². The van der Waals surface area contributed by atoms with Crippen LogP contribution in [-0.2, 0) is 11.3 Å². The first-order chi connectivity index (χ1) is 12.8. The van der Waals surface area contributed by atoms with E-state index >= 15 is 0 Å². The Labute approximate surface area is 158 Å². The fraction of sp³-hybridized carbons (Fsp3) is 0.0870. The fourth-order valence-electron chi connectivity index (χ4n) is 2.82. The van der Waals surface area contributed by atoms with Crippen molar-refractivity contribution < 1.29 is 4.74 Å². The van der Waals surface area contributed by atoms with Gasteiger partial charge < -0.3 is 4.74 Å². The smallest absolute Gasteiger partial charge is 0.222 e. The average molecular weight is 357 g/mol. The highest BCUT2D eigenvalue weighted by atomic mass is 32.2. The molecule has 0 unspecified atom stereocenters. The SMILES string of the molecule is Cc1ccc(/N=C2\OCc3ccccc3\C2=C/Sc2ccccc2)cc1. The predicted octanol–water partition coefficient (Wildman–Crippen LogP) is 6.39. The highest BCUT2D eigenvalue weighted by Gasteiger charge is 2.21. The van der Waals surface area contributed by atoms with Crippen LogP contribution in [0.1, 0.15) is 16.7 Å². The molecule has 0 N–H and O–H groups in total. The molecule has 0 saturated heterocycles. The topological polar surface area (TPSA) is 21.6 Å². The van der Waals surface area contributed by atoms with Crippen molar-refractivity contribution in [3.05, 3.63) is 101 Å². The third kappa shape index (κ3) is 3.73. The summed E-state index contributed by atoms with van der Waals surface area (Å²) in [6, 6.07) is 26.9. The molecular weight excluding hydrogens is 338 g/mol. The lowest BCUT2D eigenvalue weighted by atomic mass is 9.99. The van der Waals surface area contributed by atoms with Crippen LogP contribution in [0.2, 0.25) is 0 Å². The molecule has 128 valence electrons. The van der Waals surface area contributed by atoms with E-state index in [4.69, 9.17) is 9.73 Å². The van der Waals surface area contributed by atoms with Gasteiger partial charge in [0, 0.05) is 4.90 Å². The number of hydrogen-bond acceptors (Lipinski definition) is 3. The van der Waals surface area contributed by atoms with Crippen LogP contribution in [0.5, 0.6) is 0 Å². The highest BCUT2D eigenvalue weighted by molar-refractivity contribution is 8.02. The average Bonchev–Trinajstić information content (AvgIpc) is 2.69. The number of thioether (sulfide) groups is 1. The molecule has 0 bridgehead atoms. The summed E-state index contributed by atoms with van der Waals surface area (Å²) >= 11 is 1.68. The van der Waals surface area contributed by atoms with Gasteiger partial charge in [0.25, 0.3) is 0 Å². The van der Waals surface area contributed by atoms with Crippen molar-refractivity contribution in [2.75, 3.05) is 0 Å². The van der Waals surface area contributed by atoms with Crippen LogP contribution in [0, 0.1) is 6.92 Å². The van der Waals surface area contributed by atoms with Crippen LogP contribution in [0.4, 0.5) is 5.69 Å². The molecule has 0 saturated carbocycles. The van der Waals surface area contributed by atoms with Crippen LogP contribution < -0.4 is 0 Å². The summed E-state index contributed by atoms with van der Waals surface area (Å²) in [6.45, 7) is 2.63. The molecule has 3 aromatic carbocycles. The Kier molecular flexibility index (Phi) is 4.89. The van der Waals surface area contributed by atoms with Crippen molar-refractivity contribution >= 4 is 28.9 Å². The molecule has 0 spiro atoms. The summed E-state index contributed by atoms with van der Waals surface area (Å²) in [6.07, 6.45) is 0. The summed E-state index contributed by atoms with van der Waals surface area (Å²) in [5.41, 5.74) is 5.53. The molecule has 4 rings (SSSR count). The summed E-state index contributed by atoms with van der Waals surface area (Å²) in [7, 11) is 0. The van der Waals surface area contributed by atoms with E-state index in [1.54, 1.807) is 11.8 Å². The third-order valence-electron chi connectivity index (χ3n) is 4.22. The van der Waals surface area contributed by atoms with Crippen molar-refractivity contribution in [3.63, 3.8) is 0 Å². The summed E-state index contributed by atoms with van der Waals surface area (Å²) in [5, 5.41) is 2.14. The van der Waals surface area contributed by atoms with Gasteiger partial charge in [-0.15, -0.1) is 0 Å². The van der Waals surface area contributed by atoms with E-state index in [1.165, 1.54) is 21.6 Å². The lowest BCUT2D eigenvalue weighted by Crippen LogP contribution is -2.15. The van der Waals surface area contributed by atoms with Gasteiger partial charge in [-0.25, -0.2) is 4.99 Å². The van der Waals surface area contributed by atoms with Crippen LogP contribution in [0.25, 0.3) is 5.57 Å². The second kappa shape index (κ2) is 7.63. The molecule has 26 heavy (non-hydrogen) atoms. The molecule has 1 aliphatic heterocycles. The van der Waals surface area contributed by atoms with Gasteiger partial charge in [-0.2, -0.15) is 0 Å². The predicted molar refractivity (Wildman–Crippen MR) is 110 cm³/mol. The summed E-state index contributed by atoms with van der Waals surface area (Å²) in [4.78, 5) is 5.96. The largest absolute Gasteiger partial charge is 0.472 e. The summed E-state index contributed by atoms with van der Waals surface area (Å²) < 4.78 is 6.01. The second-order valence-corrected chi connectivity index (χ2v) is 7.10. The number of aliphatic imine (C=N–C) groups is 1. The fourth-order valence-corrected chi connectivity index (χ4v) is 3.61. The van der Waals surface area contributed by atoms with Crippen molar-refractivity contribution in [2.45, 2.75) is 18.4 Å². The van der Waals surface area contributed by atoms with Crippen molar-refractivity contribution in [2.24, 2.45) is 4.99 Å². The molecule has 0 aliphatic carbocycles. The van der Waals surface area contributed by atoms with Crippen LogP contribution in [0.3, 0.4) is 0 Å². The van der Waals surface area contributed by atoms with Gasteiger partial charge in [0.1, 0.15) is 6.61 Å². The van der Waals surface area contributed by atoms with E-state index in [9.17, 15) is 0 Å². The molecule has 3 heteroatoms. The minimum Gasteiger partial charge on any atom is -0.472 e. The molecule has 0 fully saturated rings. The zero-order chi connectivity index (χ0) is 17.8. The lowest BCUT2D eigenvalue weighted by Gasteiger charge is -2.22. The first kappa shape index (κ1) is 16.7. The molecule has 0 amide bonds. The molecule has 1 aliphatic rings. The van der Waals surface area contributed by atoms with Crippen molar-refractivity contribution in [1.29, 1.82) is 0 Å². The number of aryl methyl sites for hydroxylation is 1. The Morgan fingerprint density at radius 1 is 0.885 bits per heavy atom. The molecule has 0 atom stereocenters. The van der Waals surface area contributed by atoms with Gasteiger partial charge in [-0.1, -0.05) is 71.9 Å². The van der Waals surface area contributed by atoms with Gasteiger partial charge in [0.05, 0.1) is 11.3 Å². The standard InChI is InChI=1S/C23H19NOS/c1-17-11-13-19(14-12-17)24-23-22(16-26-20-8-3-2-4-9-20)21-10-6-5-7-18(21)15-25-23/h2-14,16H,15H2,1H3/b22-16+,24-23-. The number of nitrogens with zero attached hydrogens (tertiary/aromatic N) is 1. The Morgan fingerprint density at radius 3 is 2.42 bits per heavy atom. The lowest BCUT2D eigenvalue weighted by molar-refractivity contribution is 0.291. The number of benzene rings is 3. The van der Waals surface area contributed by atoms with Crippen LogP contribution in [0.15, 0.2) is 94.2 Å². The van der Waals surface area contributed by atoms with E-state index in [1.807, 2.05) is 36.4 Å². The minimum atomic E-state index is 0.550. The Morgan fingerprint density at radius 2 is 1.62 bits per heavy atom. The molecule has 0 aromatic heterocycles. The second-order valence-electron chi connectivity index (χ2n) is 6.16. The minimum absolute atomic E-state index is 0.550. The summed E-state index contributed by atoms with van der Waals surface area (Å²) in [5.74, 6) is 0.677. The van der Waals surface area contributed by atoms with Crippen LogP contribution >= 0.6 is 11.8 Å². The normalized spacial score (nSPS) is 16.3. The van der Waals surface area contributed by atoms with E-state index < -0.39 is 0 Å². The van der Waals surface area contributed by atoms with Crippen molar-refractivity contribution in [3.8, 4) is 0 Å². The third-order valence-corrected chi connectivity index (χ3v) is 5.12. The first-order valence-corrected chi connectivity index (χ1v) is 9.46. The maximum Gasteiger partial charge on any atom is 0.222 e. The van der Waals surface area contributed by atoms with Gasteiger partial charge in [0.15, 0.2) is 0 Å². The Hall–Kier alpha value is -2.78. The van der Waals surface area contributed by atoms with Gasteiger partial charge >= 0.3 is 0 Å². The molecule has 1 heterocycles. The molecular formula is C23H19NOS. The zero-order valence-electron chi connectivity index (χ0n) is 14.6. The quantitative estimate of drug-likeness (QED) is 0.507. The highest BCUT2D eigenvalue weighted by Crippen LogP contribution is 2.33. The number of ether oxygens (including phenoxy) is 1.